The third-order valence-corrected chi connectivity index (χ3v) is 2.79. The molecule has 1 heterocycles. The molecule has 0 amide bonds. The van der Waals surface area contributed by atoms with Crippen molar-refractivity contribution >= 4 is 21.9 Å². The minimum Gasteiger partial charge on any atom is -0.480 e. The molecule has 0 atom stereocenters. The molecule has 0 unspecified atom stereocenters. The lowest BCUT2D eigenvalue weighted by Gasteiger charge is -2.01. The van der Waals surface area contributed by atoms with Crippen LogP contribution in [0.25, 0.3) is 5.69 Å². The van der Waals surface area contributed by atoms with E-state index in [0.717, 1.165) is 9.04 Å². The molecule has 1 aromatic heterocycles. The Balaban J connectivity index is 2.40. The molecule has 0 saturated heterocycles. The van der Waals surface area contributed by atoms with Crippen LogP contribution in [0.4, 0.5) is 0 Å². The predicted molar refractivity (Wildman–Crippen MR) is 65.4 cm³/mol. The van der Waals surface area contributed by atoms with Crippen molar-refractivity contribution in [3.05, 3.63) is 51.6 Å². The Morgan fingerprint density at radius 3 is 2.47 bits per heavy atom. The van der Waals surface area contributed by atoms with E-state index in [1.165, 1.54) is 10.8 Å². The number of benzene rings is 1. The summed E-state index contributed by atoms with van der Waals surface area (Å²) >= 11 is 3.30. The third-order valence-electron chi connectivity index (χ3n) is 2.26. The second-order valence-electron chi connectivity index (χ2n) is 3.45. The van der Waals surface area contributed by atoms with Gasteiger partial charge in [0.05, 0.1) is 5.69 Å². The molecular weight excluding hydrogens is 288 g/mol. The average molecular weight is 297 g/mol. The molecule has 1 N–H and O–H groups in total. The SMILES string of the molecule is O=C(O)Cn1ccn(-c2ccc(Br)cc2)c1=O. The summed E-state index contributed by atoms with van der Waals surface area (Å²) in [5, 5.41) is 8.63. The van der Waals surface area contributed by atoms with Gasteiger partial charge >= 0.3 is 11.7 Å². The van der Waals surface area contributed by atoms with E-state index in [4.69, 9.17) is 5.11 Å². The van der Waals surface area contributed by atoms with Crippen LogP contribution in [0.5, 0.6) is 0 Å². The number of carboxylic acid groups (broad SMARTS) is 1. The first-order valence-corrected chi connectivity index (χ1v) is 5.63. The van der Waals surface area contributed by atoms with E-state index in [9.17, 15) is 9.59 Å². The van der Waals surface area contributed by atoms with Gasteiger partial charge in [-0.05, 0) is 24.3 Å². The summed E-state index contributed by atoms with van der Waals surface area (Å²) in [6.07, 6.45) is 3.01. The summed E-state index contributed by atoms with van der Waals surface area (Å²) < 4.78 is 3.46. The normalized spacial score (nSPS) is 10.4. The molecular formula is C11H9BrN2O3. The Kier molecular flexibility index (Phi) is 3.14. The highest BCUT2D eigenvalue weighted by molar-refractivity contribution is 9.10. The van der Waals surface area contributed by atoms with E-state index in [1.54, 1.807) is 18.3 Å². The van der Waals surface area contributed by atoms with Gasteiger partial charge < -0.3 is 5.11 Å². The molecule has 5 nitrogen and oxygen atoms in total. The van der Waals surface area contributed by atoms with Gasteiger partial charge in [-0.15, -0.1) is 0 Å². The molecule has 88 valence electrons. The Morgan fingerprint density at radius 1 is 1.24 bits per heavy atom. The van der Waals surface area contributed by atoms with Crippen LogP contribution in [-0.2, 0) is 11.3 Å². The minimum atomic E-state index is -1.04. The van der Waals surface area contributed by atoms with Crippen LogP contribution in [0.3, 0.4) is 0 Å². The first-order chi connectivity index (χ1) is 8.08. The number of imidazole rings is 1. The molecule has 0 aliphatic carbocycles. The summed E-state index contributed by atoms with van der Waals surface area (Å²) in [4.78, 5) is 22.4. The number of hydrogen-bond donors (Lipinski definition) is 1. The molecule has 0 aliphatic rings. The quantitative estimate of drug-likeness (QED) is 0.933. The molecule has 0 aliphatic heterocycles. The molecule has 0 saturated carbocycles. The van der Waals surface area contributed by atoms with E-state index in [1.807, 2.05) is 12.1 Å². The predicted octanol–water partition coefficient (Wildman–Crippen LogP) is 1.49. The highest BCUT2D eigenvalue weighted by Crippen LogP contribution is 2.12. The zero-order chi connectivity index (χ0) is 12.4. The molecule has 2 aromatic rings. The smallest absolute Gasteiger partial charge is 0.333 e. The summed E-state index contributed by atoms with van der Waals surface area (Å²) in [7, 11) is 0. The van der Waals surface area contributed by atoms with E-state index in [-0.39, 0.29) is 12.2 Å². The maximum Gasteiger partial charge on any atom is 0.333 e. The zero-order valence-corrected chi connectivity index (χ0v) is 10.3. The summed E-state index contributed by atoms with van der Waals surface area (Å²) in [6, 6.07) is 7.18. The van der Waals surface area contributed by atoms with Crippen LogP contribution in [0.15, 0.2) is 45.9 Å². The van der Waals surface area contributed by atoms with Crippen molar-refractivity contribution in [3.8, 4) is 5.69 Å². The number of nitrogens with zero attached hydrogens (tertiary/aromatic N) is 2. The number of aromatic nitrogens is 2. The van der Waals surface area contributed by atoms with Gasteiger partial charge in [0.1, 0.15) is 6.54 Å². The second kappa shape index (κ2) is 4.58. The van der Waals surface area contributed by atoms with Crippen LogP contribution < -0.4 is 5.69 Å². The first-order valence-electron chi connectivity index (χ1n) is 4.83. The maximum absolute atomic E-state index is 11.8. The van der Waals surface area contributed by atoms with Crippen molar-refractivity contribution in [1.29, 1.82) is 0 Å². The largest absolute Gasteiger partial charge is 0.480 e. The van der Waals surface area contributed by atoms with Gasteiger partial charge in [-0.3, -0.25) is 13.9 Å². The molecule has 6 heteroatoms. The van der Waals surface area contributed by atoms with Crippen LogP contribution in [0.2, 0.25) is 0 Å². The Hall–Kier alpha value is -1.82. The lowest BCUT2D eigenvalue weighted by molar-refractivity contribution is -0.137. The summed E-state index contributed by atoms with van der Waals surface area (Å²) in [6.45, 7) is -0.331. The van der Waals surface area contributed by atoms with E-state index >= 15 is 0 Å². The fourth-order valence-electron chi connectivity index (χ4n) is 1.48. The second-order valence-corrected chi connectivity index (χ2v) is 4.36. The molecule has 0 spiro atoms. The number of rotatable bonds is 3. The maximum atomic E-state index is 11.8. The van der Waals surface area contributed by atoms with Crippen LogP contribution >= 0.6 is 15.9 Å². The van der Waals surface area contributed by atoms with Gasteiger partial charge in [-0.25, -0.2) is 4.79 Å². The van der Waals surface area contributed by atoms with Crippen molar-refractivity contribution in [2.75, 3.05) is 0 Å². The molecule has 1 aromatic carbocycles. The van der Waals surface area contributed by atoms with E-state index in [0.29, 0.717) is 5.69 Å². The monoisotopic (exact) mass is 296 g/mol. The van der Waals surface area contributed by atoms with Crippen molar-refractivity contribution < 1.29 is 9.90 Å². The van der Waals surface area contributed by atoms with Gasteiger partial charge in [0, 0.05) is 16.9 Å². The van der Waals surface area contributed by atoms with Gasteiger partial charge in [0.2, 0.25) is 0 Å². The molecule has 0 bridgehead atoms. The number of aliphatic carboxylic acids is 1. The van der Waals surface area contributed by atoms with E-state index in [2.05, 4.69) is 15.9 Å². The number of carboxylic acids is 1. The number of hydrogen-bond acceptors (Lipinski definition) is 2. The Bertz CT molecular complexity index is 598. The van der Waals surface area contributed by atoms with Crippen LogP contribution in [-0.4, -0.2) is 20.2 Å². The first kappa shape index (κ1) is 11.7. The minimum absolute atomic E-state index is 0.331. The molecule has 17 heavy (non-hydrogen) atoms. The lowest BCUT2D eigenvalue weighted by atomic mass is 10.3. The number of carbonyl (C=O) groups is 1. The highest BCUT2D eigenvalue weighted by Gasteiger charge is 2.07. The van der Waals surface area contributed by atoms with Gasteiger partial charge in [-0.1, -0.05) is 15.9 Å². The Morgan fingerprint density at radius 2 is 1.88 bits per heavy atom. The van der Waals surface area contributed by atoms with Crippen LogP contribution in [0.1, 0.15) is 0 Å². The Labute approximate surface area is 105 Å². The van der Waals surface area contributed by atoms with Crippen LogP contribution in [0, 0.1) is 0 Å². The van der Waals surface area contributed by atoms with Crippen molar-refractivity contribution in [2.24, 2.45) is 0 Å². The van der Waals surface area contributed by atoms with Crippen molar-refractivity contribution in [2.45, 2.75) is 6.54 Å². The topological polar surface area (TPSA) is 64.2 Å². The molecule has 0 fully saturated rings. The highest BCUT2D eigenvalue weighted by atomic mass is 79.9. The average Bonchev–Trinajstić information content (AvgIpc) is 2.61. The van der Waals surface area contributed by atoms with Gasteiger partial charge in [0.15, 0.2) is 0 Å². The fourth-order valence-corrected chi connectivity index (χ4v) is 1.74. The van der Waals surface area contributed by atoms with Gasteiger partial charge in [-0.2, -0.15) is 0 Å². The molecule has 2 rings (SSSR count). The standard InChI is InChI=1S/C11H9BrN2O3/c12-8-1-3-9(4-2-8)14-6-5-13(11(14)17)7-10(15)16/h1-6H,7H2,(H,15,16). The fraction of sp³-hybridized carbons (Fsp3) is 0.0909. The van der Waals surface area contributed by atoms with Gasteiger partial charge in [0.25, 0.3) is 0 Å². The van der Waals surface area contributed by atoms with Crippen molar-refractivity contribution in [3.63, 3.8) is 0 Å². The lowest BCUT2D eigenvalue weighted by Crippen LogP contribution is -2.25. The summed E-state index contributed by atoms with van der Waals surface area (Å²) in [5.74, 6) is -1.04. The zero-order valence-electron chi connectivity index (χ0n) is 8.71. The molecule has 0 radical (unpaired) electrons. The number of halogens is 1. The third kappa shape index (κ3) is 2.47. The summed E-state index contributed by atoms with van der Waals surface area (Å²) in [5.41, 5.74) is 0.331. The van der Waals surface area contributed by atoms with E-state index < -0.39 is 5.97 Å². The van der Waals surface area contributed by atoms with Crippen molar-refractivity contribution in [1.82, 2.24) is 9.13 Å².